The van der Waals surface area contributed by atoms with Crippen LogP contribution in [0.3, 0.4) is 0 Å². The lowest BCUT2D eigenvalue weighted by molar-refractivity contribution is -0.121. The summed E-state index contributed by atoms with van der Waals surface area (Å²) in [6, 6.07) is 7.09. The Labute approximate surface area is 128 Å². The van der Waals surface area contributed by atoms with Crippen molar-refractivity contribution in [1.82, 2.24) is 14.9 Å². The summed E-state index contributed by atoms with van der Waals surface area (Å²) in [5.41, 5.74) is 5.97. The van der Waals surface area contributed by atoms with Gasteiger partial charge in [-0.25, -0.2) is 4.98 Å². The zero-order valence-electron chi connectivity index (χ0n) is 11.8. The maximum absolute atomic E-state index is 12.2. The van der Waals surface area contributed by atoms with E-state index in [1.807, 2.05) is 13.0 Å². The number of aromatic nitrogens is 2. The van der Waals surface area contributed by atoms with Crippen LogP contribution in [0, 0.1) is 0 Å². The molecule has 0 bridgehead atoms. The van der Waals surface area contributed by atoms with Crippen LogP contribution in [0.15, 0.2) is 35.4 Å². The highest BCUT2D eigenvalue weighted by molar-refractivity contribution is 5.85. The van der Waals surface area contributed by atoms with E-state index in [1.165, 1.54) is 10.9 Å². The number of hydrogen-bond acceptors (Lipinski definition) is 4. The Morgan fingerprint density at radius 1 is 1.43 bits per heavy atom. The largest absolute Gasteiger partial charge is 0.352 e. The Balaban J connectivity index is 0.00000220. The summed E-state index contributed by atoms with van der Waals surface area (Å²) < 4.78 is 1.45. The number of nitrogens with two attached hydrogens (primary N) is 1. The number of para-hydroxylation sites is 1. The van der Waals surface area contributed by atoms with Crippen LogP contribution >= 0.6 is 12.4 Å². The minimum absolute atomic E-state index is 0. The van der Waals surface area contributed by atoms with Crippen molar-refractivity contribution in [3.8, 4) is 0 Å². The monoisotopic (exact) mass is 310 g/mol. The topological polar surface area (TPSA) is 90.0 Å². The van der Waals surface area contributed by atoms with Crippen LogP contribution in [0.5, 0.6) is 0 Å². The third-order valence-electron chi connectivity index (χ3n) is 3.07. The van der Waals surface area contributed by atoms with Gasteiger partial charge in [0.05, 0.1) is 17.2 Å². The van der Waals surface area contributed by atoms with Crippen LogP contribution in [-0.2, 0) is 11.3 Å². The molecule has 2 rings (SSSR count). The van der Waals surface area contributed by atoms with Crippen LogP contribution in [0.25, 0.3) is 10.9 Å². The summed E-state index contributed by atoms with van der Waals surface area (Å²) in [6.07, 6.45) is 1.70. The van der Waals surface area contributed by atoms with Crippen molar-refractivity contribution >= 4 is 29.2 Å². The quantitative estimate of drug-likeness (QED) is 0.849. The average molecular weight is 311 g/mol. The zero-order chi connectivity index (χ0) is 14.5. The second-order valence-corrected chi connectivity index (χ2v) is 4.71. The average Bonchev–Trinajstić information content (AvgIpc) is 2.46. The van der Waals surface area contributed by atoms with Crippen molar-refractivity contribution in [2.75, 3.05) is 6.54 Å². The Bertz CT molecular complexity index is 671. The second-order valence-electron chi connectivity index (χ2n) is 4.71. The fourth-order valence-electron chi connectivity index (χ4n) is 1.89. The predicted octanol–water partition coefficient (Wildman–Crippen LogP) is 0.672. The van der Waals surface area contributed by atoms with Gasteiger partial charge in [-0.3, -0.25) is 14.2 Å². The number of nitrogens with zero attached hydrogens (tertiary/aromatic N) is 2. The van der Waals surface area contributed by atoms with Gasteiger partial charge in [0, 0.05) is 25.6 Å². The van der Waals surface area contributed by atoms with E-state index in [0.29, 0.717) is 24.0 Å². The van der Waals surface area contributed by atoms with Gasteiger partial charge in [-0.1, -0.05) is 12.1 Å². The Morgan fingerprint density at radius 3 is 2.86 bits per heavy atom. The first-order valence-corrected chi connectivity index (χ1v) is 6.55. The summed E-state index contributed by atoms with van der Waals surface area (Å²) in [6.45, 7) is 2.53. The Hall–Kier alpha value is -1.92. The molecule has 0 fully saturated rings. The lowest BCUT2D eigenvalue weighted by atomic mass is 10.2. The molecule has 7 heteroatoms. The molecular formula is C14H19ClN4O2. The lowest BCUT2D eigenvalue weighted by Gasteiger charge is -2.11. The summed E-state index contributed by atoms with van der Waals surface area (Å²) in [4.78, 5) is 28.1. The van der Waals surface area contributed by atoms with Gasteiger partial charge in [-0.2, -0.15) is 0 Å². The van der Waals surface area contributed by atoms with E-state index >= 15 is 0 Å². The molecule has 6 nitrogen and oxygen atoms in total. The zero-order valence-corrected chi connectivity index (χ0v) is 12.6. The Morgan fingerprint density at radius 2 is 2.14 bits per heavy atom. The van der Waals surface area contributed by atoms with E-state index in [9.17, 15) is 9.59 Å². The number of aryl methyl sites for hydroxylation is 1. The molecule has 1 atom stereocenters. The predicted molar refractivity (Wildman–Crippen MR) is 84.5 cm³/mol. The second kappa shape index (κ2) is 7.75. The molecule has 0 aliphatic rings. The molecule has 1 heterocycles. The van der Waals surface area contributed by atoms with Crippen LogP contribution < -0.4 is 16.6 Å². The normalized spacial score (nSPS) is 11.7. The van der Waals surface area contributed by atoms with Crippen LogP contribution in [0.1, 0.15) is 13.3 Å². The number of fused-ring (bicyclic) bond motifs is 1. The molecule has 0 saturated carbocycles. The highest BCUT2D eigenvalue weighted by atomic mass is 35.5. The van der Waals surface area contributed by atoms with E-state index in [-0.39, 0.29) is 36.3 Å². The molecule has 0 unspecified atom stereocenters. The standard InChI is InChI=1S/C14H18N4O2.ClH/c1-10(8-15)17-13(19)6-7-18-9-16-12-5-3-2-4-11(12)14(18)20;/h2-5,9-10H,6-8,15H2,1H3,(H,17,19);1H/t10-;/m0./s1. The van der Waals surface area contributed by atoms with Crippen molar-refractivity contribution in [3.63, 3.8) is 0 Å². The minimum atomic E-state index is -0.129. The molecule has 1 amide bonds. The van der Waals surface area contributed by atoms with E-state index < -0.39 is 0 Å². The molecule has 0 saturated heterocycles. The summed E-state index contributed by atoms with van der Waals surface area (Å²) in [5, 5.41) is 3.32. The van der Waals surface area contributed by atoms with Gasteiger partial charge in [-0.15, -0.1) is 12.4 Å². The SMILES string of the molecule is C[C@@H](CN)NC(=O)CCn1cnc2ccccc2c1=O.Cl. The third-order valence-corrected chi connectivity index (χ3v) is 3.07. The van der Waals surface area contributed by atoms with Gasteiger partial charge in [0.2, 0.25) is 5.91 Å². The van der Waals surface area contributed by atoms with Crippen LogP contribution in [0.2, 0.25) is 0 Å². The van der Waals surface area contributed by atoms with E-state index in [4.69, 9.17) is 5.73 Å². The number of amides is 1. The lowest BCUT2D eigenvalue weighted by Crippen LogP contribution is -2.38. The molecule has 0 aliphatic heterocycles. The van der Waals surface area contributed by atoms with Gasteiger partial charge in [0.15, 0.2) is 0 Å². The first-order chi connectivity index (χ1) is 9.61. The van der Waals surface area contributed by atoms with E-state index in [2.05, 4.69) is 10.3 Å². The number of carbonyl (C=O) groups is 1. The fourth-order valence-corrected chi connectivity index (χ4v) is 1.89. The van der Waals surface area contributed by atoms with E-state index in [0.717, 1.165) is 0 Å². The molecule has 0 radical (unpaired) electrons. The maximum atomic E-state index is 12.2. The molecule has 114 valence electrons. The fraction of sp³-hybridized carbons (Fsp3) is 0.357. The van der Waals surface area contributed by atoms with Crippen LogP contribution in [-0.4, -0.2) is 28.0 Å². The van der Waals surface area contributed by atoms with Gasteiger partial charge in [0.1, 0.15) is 0 Å². The molecule has 3 N–H and O–H groups in total. The molecular weight excluding hydrogens is 292 g/mol. The number of nitrogens with one attached hydrogen (secondary N) is 1. The van der Waals surface area contributed by atoms with Gasteiger partial charge >= 0.3 is 0 Å². The van der Waals surface area contributed by atoms with Gasteiger partial charge < -0.3 is 11.1 Å². The van der Waals surface area contributed by atoms with Crippen LogP contribution in [0.4, 0.5) is 0 Å². The number of rotatable bonds is 5. The maximum Gasteiger partial charge on any atom is 0.261 e. The summed E-state index contributed by atoms with van der Waals surface area (Å²) in [7, 11) is 0. The highest BCUT2D eigenvalue weighted by Gasteiger charge is 2.08. The Kier molecular flexibility index (Phi) is 6.33. The molecule has 21 heavy (non-hydrogen) atoms. The highest BCUT2D eigenvalue weighted by Crippen LogP contribution is 2.04. The number of halogens is 1. The van der Waals surface area contributed by atoms with Gasteiger partial charge in [0.25, 0.3) is 5.56 Å². The molecule has 1 aromatic carbocycles. The molecule has 0 spiro atoms. The number of carbonyl (C=O) groups excluding carboxylic acids is 1. The molecule has 0 aliphatic carbocycles. The number of benzene rings is 1. The third kappa shape index (κ3) is 4.27. The van der Waals surface area contributed by atoms with Crippen molar-refractivity contribution in [2.24, 2.45) is 5.73 Å². The number of hydrogen-bond donors (Lipinski definition) is 2. The molecule has 1 aromatic heterocycles. The minimum Gasteiger partial charge on any atom is -0.352 e. The van der Waals surface area contributed by atoms with Crippen molar-refractivity contribution in [2.45, 2.75) is 25.9 Å². The van der Waals surface area contributed by atoms with Crippen molar-refractivity contribution in [1.29, 1.82) is 0 Å². The van der Waals surface area contributed by atoms with Gasteiger partial charge in [-0.05, 0) is 19.1 Å². The van der Waals surface area contributed by atoms with E-state index in [1.54, 1.807) is 18.2 Å². The smallest absolute Gasteiger partial charge is 0.261 e. The van der Waals surface area contributed by atoms with Crippen molar-refractivity contribution < 1.29 is 4.79 Å². The molecule has 2 aromatic rings. The summed E-state index contributed by atoms with van der Waals surface area (Å²) >= 11 is 0. The first kappa shape index (κ1) is 17.1. The van der Waals surface area contributed by atoms with Crippen molar-refractivity contribution in [3.05, 3.63) is 40.9 Å². The first-order valence-electron chi connectivity index (χ1n) is 6.55. The summed E-state index contributed by atoms with van der Waals surface area (Å²) in [5.74, 6) is -0.122.